The summed E-state index contributed by atoms with van der Waals surface area (Å²) in [5.74, 6) is -0.174. The second-order valence-corrected chi connectivity index (χ2v) is 4.07. The molecular weight excluding hydrogens is 210 g/mol. The fraction of sp³-hybridized carbons (Fsp3) is 0.500. The largest absolute Gasteiger partial charge is 0.386 e. The molecule has 0 aliphatic heterocycles. The van der Waals surface area contributed by atoms with E-state index in [0.717, 1.165) is 0 Å². The Hall–Kier alpha value is -1.69. The molecule has 0 aromatic carbocycles. The SMILES string of the molecule is COCC(C)(C)Nc1cccnc1[N+](=O)[O-]. The first-order chi connectivity index (χ1) is 7.46. The lowest BCUT2D eigenvalue weighted by atomic mass is 10.1. The summed E-state index contributed by atoms with van der Waals surface area (Å²) < 4.78 is 5.03. The molecule has 0 saturated carbocycles. The minimum atomic E-state index is -0.509. The average Bonchev–Trinajstić information content (AvgIpc) is 2.17. The van der Waals surface area contributed by atoms with Crippen LogP contribution >= 0.6 is 0 Å². The molecule has 1 aromatic rings. The highest BCUT2D eigenvalue weighted by molar-refractivity contribution is 5.57. The molecule has 0 fully saturated rings. The van der Waals surface area contributed by atoms with Gasteiger partial charge >= 0.3 is 5.82 Å². The van der Waals surface area contributed by atoms with Gasteiger partial charge in [-0.15, -0.1) is 0 Å². The van der Waals surface area contributed by atoms with Crippen molar-refractivity contribution >= 4 is 11.5 Å². The van der Waals surface area contributed by atoms with E-state index in [1.54, 1.807) is 19.2 Å². The van der Waals surface area contributed by atoms with Crippen LogP contribution in [0, 0.1) is 10.1 Å². The zero-order valence-electron chi connectivity index (χ0n) is 9.56. The number of ether oxygens (including phenoxy) is 1. The van der Waals surface area contributed by atoms with Crippen molar-refractivity contribution in [2.24, 2.45) is 0 Å². The minimum Gasteiger partial charge on any atom is -0.382 e. The normalized spacial score (nSPS) is 11.2. The number of nitrogens with one attached hydrogen (secondary N) is 1. The second-order valence-electron chi connectivity index (χ2n) is 4.07. The Morgan fingerprint density at radius 1 is 1.62 bits per heavy atom. The zero-order chi connectivity index (χ0) is 12.2. The molecule has 0 saturated heterocycles. The lowest BCUT2D eigenvalue weighted by Crippen LogP contribution is -2.36. The van der Waals surface area contributed by atoms with E-state index in [0.29, 0.717) is 12.3 Å². The molecule has 6 heteroatoms. The van der Waals surface area contributed by atoms with Crippen molar-refractivity contribution in [3.63, 3.8) is 0 Å². The van der Waals surface area contributed by atoms with Crippen LogP contribution in [-0.2, 0) is 4.74 Å². The predicted octanol–water partition coefficient (Wildman–Crippen LogP) is 1.83. The minimum absolute atomic E-state index is 0.174. The smallest absolute Gasteiger partial charge is 0.382 e. The Morgan fingerprint density at radius 2 is 2.31 bits per heavy atom. The molecular formula is C10H15N3O3. The Bertz CT molecular complexity index is 379. The van der Waals surface area contributed by atoms with Gasteiger partial charge < -0.3 is 20.2 Å². The zero-order valence-corrected chi connectivity index (χ0v) is 9.56. The molecule has 6 nitrogen and oxygen atoms in total. The molecule has 0 radical (unpaired) electrons. The van der Waals surface area contributed by atoms with Crippen molar-refractivity contribution in [1.82, 2.24) is 4.98 Å². The molecule has 0 unspecified atom stereocenters. The molecule has 1 heterocycles. The van der Waals surface area contributed by atoms with Gasteiger partial charge in [0.15, 0.2) is 0 Å². The molecule has 0 amide bonds. The van der Waals surface area contributed by atoms with Crippen LogP contribution < -0.4 is 5.32 Å². The van der Waals surface area contributed by atoms with Crippen LogP contribution in [0.5, 0.6) is 0 Å². The number of hydrogen-bond acceptors (Lipinski definition) is 5. The van der Waals surface area contributed by atoms with Crippen LogP contribution in [0.25, 0.3) is 0 Å². The first-order valence-corrected chi connectivity index (χ1v) is 4.83. The van der Waals surface area contributed by atoms with Crippen molar-refractivity contribution in [2.45, 2.75) is 19.4 Å². The molecule has 0 aliphatic carbocycles. The van der Waals surface area contributed by atoms with Crippen LogP contribution in [0.1, 0.15) is 13.8 Å². The summed E-state index contributed by atoms with van der Waals surface area (Å²) in [4.78, 5) is 13.9. The van der Waals surface area contributed by atoms with E-state index < -0.39 is 4.92 Å². The first kappa shape index (κ1) is 12.4. The van der Waals surface area contributed by atoms with Crippen LogP contribution in [-0.4, -0.2) is 29.2 Å². The van der Waals surface area contributed by atoms with Crippen molar-refractivity contribution in [2.75, 3.05) is 19.0 Å². The quantitative estimate of drug-likeness (QED) is 0.611. The van der Waals surface area contributed by atoms with Gasteiger partial charge in [-0.1, -0.05) is 0 Å². The van der Waals surface area contributed by atoms with Crippen molar-refractivity contribution in [3.05, 3.63) is 28.4 Å². The molecule has 88 valence electrons. The fourth-order valence-corrected chi connectivity index (χ4v) is 1.40. The highest BCUT2D eigenvalue weighted by atomic mass is 16.6. The average molecular weight is 225 g/mol. The predicted molar refractivity (Wildman–Crippen MR) is 60.5 cm³/mol. The highest BCUT2D eigenvalue weighted by Gasteiger charge is 2.22. The molecule has 0 bridgehead atoms. The van der Waals surface area contributed by atoms with Gasteiger partial charge in [-0.25, -0.2) is 0 Å². The molecule has 0 atom stereocenters. The second kappa shape index (κ2) is 4.89. The Morgan fingerprint density at radius 3 is 2.88 bits per heavy atom. The van der Waals surface area contributed by atoms with E-state index in [4.69, 9.17) is 4.74 Å². The monoisotopic (exact) mass is 225 g/mol. The number of anilines is 1. The standard InChI is InChI=1S/C10H15N3O3/c1-10(2,7-16-3)12-8-5-4-6-11-9(8)13(14)15/h4-6,12H,7H2,1-3H3. The van der Waals surface area contributed by atoms with Gasteiger partial charge in [-0.05, 0) is 35.9 Å². The Balaban J connectivity index is 2.92. The van der Waals surface area contributed by atoms with Crippen LogP contribution in [0.4, 0.5) is 11.5 Å². The highest BCUT2D eigenvalue weighted by Crippen LogP contribution is 2.23. The summed E-state index contributed by atoms with van der Waals surface area (Å²) in [6.45, 7) is 4.24. The van der Waals surface area contributed by atoms with Crippen molar-refractivity contribution < 1.29 is 9.66 Å². The maximum absolute atomic E-state index is 10.7. The summed E-state index contributed by atoms with van der Waals surface area (Å²) in [5, 5.41) is 13.8. The number of hydrogen-bond donors (Lipinski definition) is 1. The molecule has 16 heavy (non-hydrogen) atoms. The third-order valence-corrected chi connectivity index (χ3v) is 1.94. The van der Waals surface area contributed by atoms with E-state index in [2.05, 4.69) is 10.3 Å². The van der Waals surface area contributed by atoms with E-state index in [9.17, 15) is 10.1 Å². The number of nitrogens with zero attached hydrogens (tertiary/aromatic N) is 2. The van der Waals surface area contributed by atoms with E-state index in [1.165, 1.54) is 6.20 Å². The first-order valence-electron chi connectivity index (χ1n) is 4.83. The summed E-state index contributed by atoms with van der Waals surface area (Å²) in [6.07, 6.45) is 1.40. The Kier molecular flexibility index (Phi) is 3.78. The van der Waals surface area contributed by atoms with Crippen LogP contribution in [0.2, 0.25) is 0 Å². The van der Waals surface area contributed by atoms with Gasteiger partial charge in [-0.2, -0.15) is 0 Å². The van der Waals surface area contributed by atoms with E-state index >= 15 is 0 Å². The number of nitro groups is 1. The maximum atomic E-state index is 10.7. The molecule has 1 rings (SSSR count). The van der Waals surface area contributed by atoms with E-state index in [-0.39, 0.29) is 11.4 Å². The van der Waals surface area contributed by atoms with Crippen molar-refractivity contribution in [3.8, 4) is 0 Å². The molecule has 0 spiro atoms. The number of methoxy groups -OCH3 is 1. The summed E-state index contributed by atoms with van der Waals surface area (Å²) >= 11 is 0. The lowest BCUT2D eigenvalue weighted by Gasteiger charge is -2.25. The van der Waals surface area contributed by atoms with Crippen LogP contribution in [0.15, 0.2) is 18.3 Å². The summed E-state index contributed by atoms with van der Waals surface area (Å²) in [6, 6.07) is 3.28. The van der Waals surface area contributed by atoms with Gasteiger partial charge in [0.2, 0.25) is 0 Å². The maximum Gasteiger partial charge on any atom is 0.386 e. The van der Waals surface area contributed by atoms with Gasteiger partial charge in [0, 0.05) is 7.11 Å². The Labute approximate surface area is 93.8 Å². The summed E-state index contributed by atoms with van der Waals surface area (Å²) in [5.41, 5.74) is 0.0114. The van der Waals surface area contributed by atoms with Crippen molar-refractivity contribution in [1.29, 1.82) is 0 Å². The third kappa shape index (κ3) is 3.16. The number of rotatable bonds is 5. The third-order valence-electron chi connectivity index (χ3n) is 1.94. The topological polar surface area (TPSA) is 77.3 Å². The van der Waals surface area contributed by atoms with Gasteiger partial charge in [0.05, 0.1) is 12.1 Å². The van der Waals surface area contributed by atoms with Crippen LogP contribution in [0.3, 0.4) is 0 Å². The molecule has 1 N–H and O–H groups in total. The van der Waals surface area contributed by atoms with Gasteiger partial charge in [0.1, 0.15) is 11.9 Å². The number of aromatic nitrogens is 1. The van der Waals surface area contributed by atoms with Gasteiger partial charge in [-0.3, -0.25) is 0 Å². The number of pyridine rings is 1. The van der Waals surface area contributed by atoms with E-state index in [1.807, 2.05) is 13.8 Å². The molecule has 0 aliphatic rings. The molecule has 1 aromatic heterocycles. The van der Waals surface area contributed by atoms with Gasteiger partial charge in [0.25, 0.3) is 0 Å². The summed E-state index contributed by atoms with van der Waals surface area (Å²) in [7, 11) is 1.58. The fourth-order valence-electron chi connectivity index (χ4n) is 1.40. The lowest BCUT2D eigenvalue weighted by molar-refractivity contribution is -0.388.